The molecule has 0 aliphatic carbocycles. The van der Waals surface area contributed by atoms with Gasteiger partial charge in [-0.3, -0.25) is 9.59 Å². The molecule has 0 spiro atoms. The Hall–Kier alpha value is -1.89. The number of nitrogens with two attached hydrogens (primary N) is 1. The van der Waals surface area contributed by atoms with E-state index in [9.17, 15) is 9.59 Å². The van der Waals surface area contributed by atoms with Crippen LogP contribution in [0.1, 0.15) is 0 Å². The zero-order chi connectivity index (χ0) is 10.0. The van der Waals surface area contributed by atoms with Crippen molar-refractivity contribution in [3.63, 3.8) is 0 Å². The van der Waals surface area contributed by atoms with Gasteiger partial charge in [0.05, 0.1) is 12.1 Å². The lowest BCUT2D eigenvalue weighted by Gasteiger charge is -2.12. The van der Waals surface area contributed by atoms with E-state index in [0.29, 0.717) is 0 Å². The van der Waals surface area contributed by atoms with Gasteiger partial charge in [0, 0.05) is 6.21 Å². The Bertz CT molecular complexity index is 310. The summed E-state index contributed by atoms with van der Waals surface area (Å²) in [6, 6.07) is 0. The van der Waals surface area contributed by atoms with Crippen LogP contribution in [-0.4, -0.2) is 46.6 Å². The van der Waals surface area contributed by atoms with E-state index in [-0.39, 0.29) is 29.9 Å². The molecule has 0 aromatic carbocycles. The maximum atomic E-state index is 11.2. The Morgan fingerprint density at radius 3 is 2.64 bits per heavy atom. The first-order valence-electron chi connectivity index (χ1n) is 3.56. The molecule has 0 bridgehead atoms. The lowest BCUT2D eigenvalue weighted by atomic mass is 10.3. The molecule has 1 aliphatic heterocycles. The second-order valence-electron chi connectivity index (χ2n) is 2.63. The SMILES string of the molecule is N=CC1=C(O)CN(CC(N)=O)C1=O.O. The van der Waals surface area contributed by atoms with E-state index in [1.165, 1.54) is 0 Å². The number of nitrogens with zero attached hydrogens (tertiary/aromatic N) is 1. The lowest BCUT2D eigenvalue weighted by molar-refractivity contribution is -0.130. The summed E-state index contributed by atoms with van der Waals surface area (Å²) in [7, 11) is 0. The zero-order valence-electron chi connectivity index (χ0n) is 7.28. The van der Waals surface area contributed by atoms with E-state index in [1.54, 1.807) is 0 Å². The van der Waals surface area contributed by atoms with Crippen LogP contribution in [0.3, 0.4) is 0 Å². The topological polar surface area (TPSA) is 139 Å². The van der Waals surface area contributed by atoms with Crippen LogP contribution in [0.15, 0.2) is 11.3 Å². The highest BCUT2D eigenvalue weighted by atomic mass is 16.3. The van der Waals surface area contributed by atoms with Crippen LogP contribution >= 0.6 is 0 Å². The van der Waals surface area contributed by atoms with Gasteiger partial charge in [0.25, 0.3) is 5.91 Å². The van der Waals surface area contributed by atoms with Crippen molar-refractivity contribution in [1.82, 2.24) is 4.90 Å². The maximum absolute atomic E-state index is 11.2. The van der Waals surface area contributed by atoms with Crippen LogP contribution in [0.25, 0.3) is 0 Å². The van der Waals surface area contributed by atoms with Gasteiger partial charge >= 0.3 is 0 Å². The lowest BCUT2D eigenvalue weighted by Crippen LogP contribution is -2.36. The highest BCUT2D eigenvalue weighted by Crippen LogP contribution is 2.14. The van der Waals surface area contributed by atoms with E-state index in [0.717, 1.165) is 11.1 Å². The quantitative estimate of drug-likeness (QED) is 0.453. The van der Waals surface area contributed by atoms with Crippen molar-refractivity contribution in [1.29, 1.82) is 5.41 Å². The number of aliphatic hydroxyl groups excluding tert-OH is 1. The van der Waals surface area contributed by atoms with Crippen molar-refractivity contribution in [2.45, 2.75) is 0 Å². The molecule has 1 heterocycles. The molecule has 14 heavy (non-hydrogen) atoms. The van der Waals surface area contributed by atoms with Crippen molar-refractivity contribution >= 4 is 18.0 Å². The van der Waals surface area contributed by atoms with Crippen LogP contribution in [-0.2, 0) is 9.59 Å². The third-order valence-electron chi connectivity index (χ3n) is 1.66. The average Bonchev–Trinajstić information content (AvgIpc) is 2.26. The summed E-state index contributed by atoms with van der Waals surface area (Å²) in [6.45, 7) is -0.285. The first-order chi connectivity index (χ1) is 6.06. The Morgan fingerprint density at radius 1 is 1.71 bits per heavy atom. The molecule has 7 nitrogen and oxygen atoms in total. The van der Waals surface area contributed by atoms with Gasteiger partial charge in [-0.1, -0.05) is 0 Å². The number of carbonyl (C=O) groups excluding carboxylic acids is 2. The number of primary amides is 1. The van der Waals surface area contributed by atoms with Crippen LogP contribution in [0.2, 0.25) is 0 Å². The molecule has 0 saturated carbocycles. The molecular formula is C7H11N3O4. The largest absolute Gasteiger partial charge is 0.510 e. The van der Waals surface area contributed by atoms with E-state index < -0.39 is 11.8 Å². The molecule has 0 atom stereocenters. The predicted molar refractivity (Wildman–Crippen MR) is 47.8 cm³/mol. The number of aliphatic hydroxyl groups is 1. The Labute approximate surface area is 79.6 Å². The van der Waals surface area contributed by atoms with E-state index in [2.05, 4.69) is 0 Å². The average molecular weight is 201 g/mol. The second kappa shape index (κ2) is 4.38. The molecule has 0 fully saturated rings. The van der Waals surface area contributed by atoms with Crippen LogP contribution in [0.4, 0.5) is 0 Å². The minimum absolute atomic E-state index is 0. The van der Waals surface area contributed by atoms with Gasteiger partial charge in [0.2, 0.25) is 5.91 Å². The molecule has 0 aromatic rings. The first-order valence-corrected chi connectivity index (χ1v) is 3.56. The molecule has 0 aromatic heterocycles. The van der Waals surface area contributed by atoms with Crippen molar-refractivity contribution in [3.05, 3.63) is 11.3 Å². The number of nitrogens with one attached hydrogen (secondary N) is 1. The minimum Gasteiger partial charge on any atom is -0.510 e. The first kappa shape index (κ1) is 12.1. The summed E-state index contributed by atoms with van der Waals surface area (Å²) in [6.07, 6.45) is 0.763. The van der Waals surface area contributed by atoms with Gasteiger partial charge in [0.1, 0.15) is 12.3 Å². The molecule has 0 radical (unpaired) electrons. The smallest absolute Gasteiger partial charge is 0.259 e. The summed E-state index contributed by atoms with van der Waals surface area (Å²) < 4.78 is 0. The summed E-state index contributed by atoms with van der Waals surface area (Å²) in [5.41, 5.74) is 4.79. The number of hydrogen-bond donors (Lipinski definition) is 3. The molecule has 6 N–H and O–H groups in total. The van der Waals surface area contributed by atoms with E-state index in [4.69, 9.17) is 16.2 Å². The molecule has 1 rings (SSSR count). The Morgan fingerprint density at radius 2 is 2.29 bits per heavy atom. The van der Waals surface area contributed by atoms with E-state index in [1.807, 2.05) is 0 Å². The maximum Gasteiger partial charge on any atom is 0.259 e. The third kappa shape index (κ3) is 2.07. The van der Waals surface area contributed by atoms with Gasteiger partial charge in [-0.25, -0.2) is 0 Å². The van der Waals surface area contributed by atoms with Crippen molar-refractivity contribution in [2.24, 2.45) is 5.73 Å². The van der Waals surface area contributed by atoms with Gasteiger partial charge < -0.3 is 26.6 Å². The summed E-state index contributed by atoms with van der Waals surface area (Å²) in [5, 5.41) is 16.0. The second-order valence-corrected chi connectivity index (χ2v) is 2.63. The standard InChI is InChI=1S/C7H9N3O3.H2O/c8-1-4-5(11)2-10(7(4)13)3-6(9)12;/h1,8,11H,2-3H2,(H2,9,12);1H2. The summed E-state index contributed by atoms with van der Waals surface area (Å²) >= 11 is 0. The van der Waals surface area contributed by atoms with Crippen molar-refractivity contribution < 1.29 is 20.2 Å². The number of carbonyl (C=O) groups is 2. The number of rotatable bonds is 3. The highest BCUT2D eigenvalue weighted by Gasteiger charge is 2.29. The summed E-state index contributed by atoms with van der Waals surface area (Å²) in [4.78, 5) is 22.8. The van der Waals surface area contributed by atoms with Crippen LogP contribution in [0, 0.1) is 5.41 Å². The fourth-order valence-corrected chi connectivity index (χ4v) is 1.09. The molecule has 0 unspecified atom stereocenters. The zero-order valence-corrected chi connectivity index (χ0v) is 7.28. The normalized spacial score (nSPS) is 15.4. The Balaban J connectivity index is 0.00000169. The Kier molecular flexibility index (Phi) is 3.78. The number of amides is 2. The van der Waals surface area contributed by atoms with Gasteiger partial charge in [-0.05, 0) is 0 Å². The molecule has 1 aliphatic rings. The molecule has 7 heteroatoms. The molecule has 78 valence electrons. The van der Waals surface area contributed by atoms with Crippen LogP contribution in [0.5, 0.6) is 0 Å². The van der Waals surface area contributed by atoms with E-state index >= 15 is 0 Å². The van der Waals surface area contributed by atoms with Gasteiger partial charge in [0.15, 0.2) is 0 Å². The van der Waals surface area contributed by atoms with Gasteiger partial charge in [-0.2, -0.15) is 0 Å². The fourth-order valence-electron chi connectivity index (χ4n) is 1.09. The fraction of sp³-hybridized carbons (Fsp3) is 0.286. The van der Waals surface area contributed by atoms with Crippen molar-refractivity contribution in [2.75, 3.05) is 13.1 Å². The van der Waals surface area contributed by atoms with Crippen LogP contribution < -0.4 is 5.73 Å². The van der Waals surface area contributed by atoms with Gasteiger partial charge in [-0.15, -0.1) is 0 Å². The molecule has 0 saturated heterocycles. The highest BCUT2D eigenvalue weighted by molar-refractivity contribution is 6.14. The molecular weight excluding hydrogens is 190 g/mol. The summed E-state index contributed by atoms with van der Waals surface area (Å²) in [5.74, 6) is -1.38. The van der Waals surface area contributed by atoms with Crippen molar-refractivity contribution in [3.8, 4) is 0 Å². The monoisotopic (exact) mass is 201 g/mol. The number of hydrogen-bond acceptors (Lipinski definition) is 4. The third-order valence-corrected chi connectivity index (χ3v) is 1.66. The predicted octanol–water partition coefficient (Wildman–Crippen LogP) is -2.05. The minimum atomic E-state index is -0.646. The molecule has 2 amide bonds.